The van der Waals surface area contributed by atoms with Gasteiger partial charge in [-0.05, 0) is 35.9 Å². The Hall–Kier alpha value is -1.90. The Morgan fingerprint density at radius 2 is 1.81 bits per heavy atom. The van der Waals surface area contributed by atoms with Crippen molar-refractivity contribution in [3.8, 4) is 5.75 Å². The molecule has 2 aromatic rings. The minimum Gasteiger partial charge on any atom is -0.486 e. The molecule has 0 amide bonds. The summed E-state index contributed by atoms with van der Waals surface area (Å²) >= 11 is 0. The van der Waals surface area contributed by atoms with Gasteiger partial charge in [0.15, 0.2) is 11.6 Å². The Balaban J connectivity index is 2.02. The van der Waals surface area contributed by atoms with Gasteiger partial charge in [-0.15, -0.1) is 0 Å². The summed E-state index contributed by atoms with van der Waals surface area (Å²) in [6.45, 7) is 0.210. The van der Waals surface area contributed by atoms with Crippen LogP contribution in [0.5, 0.6) is 5.75 Å². The first kappa shape index (κ1) is 10.6. The van der Waals surface area contributed by atoms with E-state index in [-0.39, 0.29) is 18.2 Å². The average molecular weight is 219 g/mol. The van der Waals surface area contributed by atoms with E-state index in [4.69, 9.17) is 4.74 Å². The van der Waals surface area contributed by atoms with Crippen molar-refractivity contribution in [1.29, 1.82) is 0 Å². The molecule has 0 N–H and O–H groups in total. The molecule has 0 aliphatic rings. The Bertz CT molecular complexity index is 466. The Morgan fingerprint density at radius 3 is 2.50 bits per heavy atom. The van der Waals surface area contributed by atoms with Crippen molar-refractivity contribution >= 4 is 0 Å². The monoisotopic (exact) mass is 219 g/mol. The molecule has 0 aliphatic carbocycles. The van der Waals surface area contributed by atoms with Crippen molar-refractivity contribution in [1.82, 2.24) is 0 Å². The zero-order valence-electron chi connectivity index (χ0n) is 8.41. The first-order valence-electron chi connectivity index (χ1n) is 4.78. The highest BCUT2D eigenvalue weighted by atomic mass is 19.1. The first-order chi connectivity index (χ1) is 7.75. The van der Waals surface area contributed by atoms with Crippen molar-refractivity contribution < 1.29 is 13.5 Å². The second kappa shape index (κ2) is 4.75. The maximum absolute atomic E-state index is 13.1. The third kappa shape index (κ3) is 2.57. The van der Waals surface area contributed by atoms with Crippen molar-refractivity contribution in [3.63, 3.8) is 0 Å². The summed E-state index contributed by atoms with van der Waals surface area (Å²) in [5.74, 6) is -0.586. The number of hydrogen-bond acceptors (Lipinski definition) is 1. The summed E-state index contributed by atoms with van der Waals surface area (Å²) in [6.07, 6.45) is 0. The molecule has 1 radical (unpaired) electrons. The lowest BCUT2D eigenvalue weighted by Crippen LogP contribution is -1.97. The van der Waals surface area contributed by atoms with E-state index in [1.807, 2.05) is 0 Å². The normalized spacial score (nSPS) is 10.1. The van der Waals surface area contributed by atoms with Crippen molar-refractivity contribution in [3.05, 3.63) is 65.7 Å². The highest BCUT2D eigenvalue weighted by Gasteiger charge is 2.01. The molecule has 1 nitrogen and oxygen atoms in total. The highest BCUT2D eigenvalue weighted by Crippen LogP contribution is 2.16. The zero-order chi connectivity index (χ0) is 11.4. The van der Waals surface area contributed by atoms with Crippen LogP contribution in [0, 0.1) is 17.7 Å². The summed E-state index contributed by atoms with van der Waals surface area (Å²) in [5.41, 5.74) is 0.786. The van der Waals surface area contributed by atoms with E-state index in [1.54, 1.807) is 18.2 Å². The topological polar surface area (TPSA) is 9.23 Å². The molecule has 0 saturated carbocycles. The quantitative estimate of drug-likeness (QED) is 0.769. The number of benzene rings is 2. The smallest absolute Gasteiger partial charge is 0.165 e. The van der Waals surface area contributed by atoms with Gasteiger partial charge in [0.2, 0.25) is 0 Å². The molecule has 16 heavy (non-hydrogen) atoms. The second-order valence-corrected chi connectivity index (χ2v) is 3.27. The minimum atomic E-state index is -0.454. The molecule has 0 spiro atoms. The highest BCUT2D eigenvalue weighted by molar-refractivity contribution is 5.24. The van der Waals surface area contributed by atoms with Gasteiger partial charge in [0.05, 0.1) is 0 Å². The predicted molar refractivity (Wildman–Crippen MR) is 56.0 cm³/mol. The molecule has 0 bridgehead atoms. The molecule has 3 heteroatoms. The van der Waals surface area contributed by atoms with Gasteiger partial charge >= 0.3 is 0 Å². The first-order valence-corrected chi connectivity index (χ1v) is 4.78. The molecule has 0 fully saturated rings. The molecule has 2 rings (SSSR count). The molecular formula is C13H9F2O. The third-order valence-corrected chi connectivity index (χ3v) is 2.08. The minimum absolute atomic E-state index is 0.170. The summed E-state index contributed by atoms with van der Waals surface area (Å²) < 4.78 is 31.0. The van der Waals surface area contributed by atoms with E-state index >= 15 is 0 Å². The predicted octanol–water partition coefficient (Wildman–Crippen LogP) is 3.34. The van der Waals surface area contributed by atoms with Crippen LogP contribution >= 0.6 is 0 Å². The summed E-state index contributed by atoms with van der Waals surface area (Å²) in [4.78, 5) is 0. The Labute approximate surface area is 92.3 Å². The van der Waals surface area contributed by atoms with E-state index in [2.05, 4.69) is 6.07 Å². The number of ether oxygens (including phenoxy) is 1. The molecule has 2 aromatic carbocycles. The van der Waals surface area contributed by atoms with Gasteiger partial charge in [0, 0.05) is 0 Å². The van der Waals surface area contributed by atoms with Crippen LogP contribution in [0.1, 0.15) is 5.56 Å². The van der Waals surface area contributed by atoms with Gasteiger partial charge in [-0.3, -0.25) is 0 Å². The molecule has 0 aliphatic heterocycles. The lowest BCUT2D eigenvalue weighted by molar-refractivity contribution is 0.290. The van der Waals surface area contributed by atoms with Crippen LogP contribution in [-0.2, 0) is 6.61 Å². The van der Waals surface area contributed by atoms with Crippen LogP contribution in [0.3, 0.4) is 0 Å². The lowest BCUT2D eigenvalue weighted by atomic mass is 10.2. The Morgan fingerprint density at radius 1 is 1.06 bits per heavy atom. The molecule has 0 atom stereocenters. The summed E-state index contributed by atoms with van der Waals surface area (Å²) in [6, 6.07) is 12.8. The van der Waals surface area contributed by atoms with Crippen LogP contribution in [-0.4, -0.2) is 0 Å². The fraction of sp³-hybridized carbons (Fsp3) is 0.0769. The second-order valence-electron chi connectivity index (χ2n) is 3.27. The fourth-order valence-electron chi connectivity index (χ4n) is 1.25. The zero-order valence-corrected chi connectivity index (χ0v) is 8.41. The number of halogens is 2. The third-order valence-electron chi connectivity index (χ3n) is 2.08. The molecule has 0 aromatic heterocycles. The maximum atomic E-state index is 13.1. The fourth-order valence-corrected chi connectivity index (χ4v) is 1.25. The Kier molecular flexibility index (Phi) is 3.15. The van der Waals surface area contributed by atoms with E-state index in [9.17, 15) is 8.78 Å². The molecule has 0 unspecified atom stereocenters. The average Bonchev–Trinajstić information content (AvgIpc) is 2.30. The van der Waals surface area contributed by atoms with E-state index in [0.29, 0.717) is 0 Å². The summed E-state index contributed by atoms with van der Waals surface area (Å²) in [5, 5.41) is 0. The number of hydrogen-bond donors (Lipinski definition) is 0. The molecular weight excluding hydrogens is 210 g/mol. The van der Waals surface area contributed by atoms with Crippen molar-refractivity contribution in [2.24, 2.45) is 0 Å². The van der Waals surface area contributed by atoms with Gasteiger partial charge < -0.3 is 4.74 Å². The van der Waals surface area contributed by atoms with E-state index < -0.39 is 5.82 Å². The largest absolute Gasteiger partial charge is 0.486 e. The van der Waals surface area contributed by atoms with Gasteiger partial charge in [-0.2, -0.15) is 0 Å². The van der Waals surface area contributed by atoms with E-state index in [1.165, 1.54) is 24.3 Å². The molecule has 0 saturated heterocycles. The van der Waals surface area contributed by atoms with Crippen LogP contribution < -0.4 is 4.74 Å². The summed E-state index contributed by atoms with van der Waals surface area (Å²) in [7, 11) is 0. The van der Waals surface area contributed by atoms with Gasteiger partial charge in [-0.1, -0.05) is 18.2 Å². The standard InChI is InChI=1S/C13H9F2O/c14-11-7-5-10(6-8-11)9-16-13-4-2-1-3-12(13)15/h2-8H,9H2. The number of rotatable bonds is 3. The van der Waals surface area contributed by atoms with Crippen molar-refractivity contribution in [2.75, 3.05) is 0 Å². The van der Waals surface area contributed by atoms with Gasteiger partial charge in [0.25, 0.3) is 0 Å². The van der Waals surface area contributed by atoms with Crippen molar-refractivity contribution in [2.45, 2.75) is 6.61 Å². The molecule has 81 valence electrons. The van der Waals surface area contributed by atoms with Crippen LogP contribution in [0.4, 0.5) is 8.78 Å². The van der Waals surface area contributed by atoms with E-state index in [0.717, 1.165) is 5.56 Å². The lowest BCUT2D eigenvalue weighted by Gasteiger charge is -2.06. The van der Waals surface area contributed by atoms with Gasteiger partial charge in [0.1, 0.15) is 12.4 Å². The maximum Gasteiger partial charge on any atom is 0.165 e. The SMILES string of the molecule is Fc1ccc(COc2cc[c]cc2F)cc1. The van der Waals surface area contributed by atoms with Crippen LogP contribution in [0.2, 0.25) is 0 Å². The van der Waals surface area contributed by atoms with Gasteiger partial charge in [-0.25, -0.2) is 8.78 Å². The van der Waals surface area contributed by atoms with Crippen LogP contribution in [0.15, 0.2) is 42.5 Å². The molecule has 0 heterocycles. The van der Waals surface area contributed by atoms with Crippen LogP contribution in [0.25, 0.3) is 0 Å².